The van der Waals surface area contributed by atoms with E-state index < -0.39 is 24.1 Å². The number of carbonyl (C=O) groups excluding carboxylic acids is 1. The Hall–Kier alpha value is -2.03. The van der Waals surface area contributed by atoms with Gasteiger partial charge in [-0.1, -0.05) is 13.0 Å². The van der Waals surface area contributed by atoms with Gasteiger partial charge < -0.3 is 0 Å². The first kappa shape index (κ1) is 17.3. The average Bonchev–Trinajstić information content (AvgIpc) is 2.89. The first-order chi connectivity index (χ1) is 10.7. The summed E-state index contributed by atoms with van der Waals surface area (Å²) in [5.41, 5.74) is -0.783. The second kappa shape index (κ2) is 6.61. The van der Waals surface area contributed by atoms with Gasteiger partial charge >= 0.3 is 18.5 Å². The monoisotopic (exact) mass is 350 g/mol. The Labute approximate surface area is 131 Å². The standard InChI is InChI=1S/C14H11F5N2OS/c1-2-10-7-21(13(23-10)20-12(22)11(15)16)9-5-3-4-8(6-9)14(17,18)19/h3-7,11H,2H2,1H3. The number of nitrogens with zero attached hydrogens (tertiary/aromatic N) is 2. The molecule has 0 aliphatic heterocycles. The van der Waals surface area contributed by atoms with Crippen molar-refractivity contribution in [2.45, 2.75) is 25.9 Å². The van der Waals surface area contributed by atoms with Crippen molar-refractivity contribution in [3.05, 3.63) is 45.7 Å². The molecule has 0 saturated carbocycles. The van der Waals surface area contributed by atoms with Crippen molar-refractivity contribution in [3.8, 4) is 5.69 Å². The van der Waals surface area contributed by atoms with Gasteiger partial charge in [0.05, 0.1) is 5.56 Å². The summed E-state index contributed by atoms with van der Waals surface area (Å²) in [6.07, 6.45) is -5.78. The lowest BCUT2D eigenvalue weighted by atomic mass is 10.2. The molecule has 1 heterocycles. The zero-order valence-corrected chi connectivity index (χ0v) is 12.6. The molecule has 0 bridgehead atoms. The van der Waals surface area contributed by atoms with E-state index in [-0.39, 0.29) is 10.5 Å². The van der Waals surface area contributed by atoms with Gasteiger partial charge in [-0.2, -0.15) is 26.9 Å². The second-order valence-corrected chi connectivity index (χ2v) is 5.60. The number of hydrogen-bond donors (Lipinski definition) is 0. The van der Waals surface area contributed by atoms with Gasteiger partial charge in [0.2, 0.25) is 0 Å². The third kappa shape index (κ3) is 4.04. The van der Waals surface area contributed by atoms with Crippen molar-refractivity contribution in [1.82, 2.24) is 4.57 Å². The molecule has 0 radical (unpaired) electrons. The van der Waals surface area contributed by atoms with Crippen molar-refractivity contribution >= 4 is 17.2 Å². The van der Waals surface area contributed by atoms with Crippen LogP contribution < -0.4 is 4.80 Å². The number of hydrogen-bond acceptors (Lipinski definition) is 2. The van der Waals surface area contributed by atoms with E-state index in [1.165, 1.54) is 22.9 Å². The highest BCUT2D eigenvalue weighted by Crippen LogP contribution is 2.30. The van der Waals surface area contributed by atoms with Crippen LogP contribution in [0.25, 0.3) is 5.69 Å². The Morgan fingerprint density at radius 2 is 2.04 bits per heavy atom. The van der Waals surface area contributed by atoms with E-state index in [0.717, 1.165) is 23.5 Å². The molecule has 0 aliphatic rings. The summed E-state index contributed by atoms with van der Waals surface area (Å²) in [4.78, 5) is 15.0. The lowest BCUT2D eigenvalue weighted by Crippen LogP contribution is -2.18. The van der Waals surface area contributed by atoms with E-state index in [1.807, 2.05) is 0 Å². The lowest BCUT2D eigenvalue weighted by Gasteiger charge is -2.09. The Kier molecular flexibility index (Phi) is 4.98. The van der Waals surface area contributed by atoms with Gasteiger partial charge in [0.15, 0.2) is 4.80 Å². The summed E-state index contributed by atoms with van der Waals surface area (Å²) in [7, 11) is 0. The zero-order valence-electron chi connectivity index (χ0n) is 11.8. The molecule has 9 heteroatoms. The van der Waals surface area contributed by atoms with Crippen LogP contribution in [0.1, 0.15) is 17.4 Å². The van der Waals surface area contributed by atoms with Crippen LogP contribution >= 0.6 is 11.3 Å². The van der Waals surface area contributed by atoms with Gasteiger partial charge in [-0.25, -0.2) is 0 Å². The number of carbonyl (C=O) groups is 1. The topological polar surface area (TPSA) is 34.4 Å². The normalized spacial score (nSPS) is 12.9. The molecule has 1 amide bonds. The Morgan fingerprint density at radius 3 is 2.61 bits per heavy atom. The van der Waals surface area contributed by atoms with Crippen LogP contribution in [-0.4, -0.2) is 16.9 Å². The van der Waals surface area contributed by atoms with Crippen LogP contribution in [0.2, 0.25) is 0 Å². The molecule has 0 atom stereocenters. The smallest absolute Gasteiger partial charge is 0.292 e. The van der Waals surface area contributed by atoms with Gasteiger partial charge in [0.1, 0.15) is 0 Å². The quantitative estimate of drug-likeness (QED) is 0.775. The zero-order chi connectivity index (χ0) is 17.2. The van der Waals surface area contributed by atoms with E-state index in [9.17, 15) is 26.7 Å². The van der Waals surface area contributed by atoms with Crippen molar-refractivity contribution in [3.63, 3.8) is 0 Å². The van der Waals surface area contributed by atoms with Gasteiger partial charge in [-0.3, -0.25) is 9.36 Å². The Morgan fingerprint density at radius 1 is 1.35 bits per heavy atom. The maximum Gasteiger partial charge on any atom is 0.416 e. The second-order valence-electron chi connectivity index (χ2n) is 4.50. The maximum atomic E-state index is 12.8. The van der Waals surface area contributed by atoms with Crippen molar-refractivity contribution in [2.75, 3.05) is 0 Å². The highest BCUT2D eigenvalue weighted by Gasteiger charge is 2.30. The third-order valence-corrected chi connectivity index (χ3v) is 4.02. The molecule has 0 N–H and O–H groups in total. The van der Waals surface area contributed by atoms with Crippen molar-refractivity contribution < 1.29 is 26.7 Å². The summed E-state index contributed by atoms with van der Waals surface area (Å²) in [6, 6.07) is 4.36. The number of amides is 1. The van der Waals surface area contributed by atoms with Crippen LogP contribution in [0, 0.1) is 0 Å². The van der Waals surface area contributed by atoms with Gasteiger partial charge in [-0.15, -0.1) is 11.3 Å². The van der Waals surface area contributed by atoms with E-state index in [2.05, 4.69) is 4.99 Å². The van der Waals surface area contributed by atoms with Crippen LogP contribution in [0.15, 0.2) is 35.5 Å². The molecule has 2 rings (SSSR count). The maximum absolute atomic E-state index is 12.8. The van der Waals surface area contributed by atoms with Crippen LogP contribution in [0.5, 0.6) is 0 Å². The summed E-state index contributed by atoms with van der Waals surface area (Å²) in [6.45, 7) is 1.79. The van der Waals surface area contributed by atoms with Gasteiger partial charge in [0.25, 0.3) is 0 Å². The molecule has 0 spiro atoms. The number of rotatable bonds is 3. The molecule has 2 aromatic rings. The Bertz CT molecular complexity index is 776. The number of aromatic nitrogens is 1. The number of aryl methyl sites for hydroxylation is 1. The van der Waals surface area contributed by atoms with Crippen molar-refractivity contribution in [2.24, 2.45) is 4.99 Å². The molecule has 0 fully saturated rings. The molecule has 0 aliphatic carbocycles. The lowest BCUT2D eigenvalue weighted by molar-refractivity contribution is -0.137. The van der Waals surface area contributed by atoms with Crippen molar-refractivity contribution in [1.29, 1.82) is 0 Å². The van der Waals surface area contributed by atoms with Crippen LogP contribution in [0.3, 0.4) is 0 Å². The van der Waals surface area contributed by atoms with Gasteiger partial charge in [-0.05, 0) is 24.6 Å². The fraction of sp³-hybridized carbons (Fsp3) is 0.286. The van der Waals surface area contributed by atoms with E-state index in [0.29, 0.717) is 11.3 Å². The SMILES string of the molecule is CCc1cn(-c2cccc(C(F)(F)F)c2)c(=NC(=O)C(F)F)s1. The summed E-state index contributed by atoms with van der Waals surface area (Å²) >= 11 is 0.974. The number of benzene rings is 1. The average molecular weight is 350 g/mol. The molecule has 0 unspecified atom stereocenters. The number of halogens is 5. The number of alkyl halides is 5. The minimum absolute atomic E-state index is 0.0912. The molecular formula is C14H11F5N2OS. The molecule has 23 heavy (non-hydrogen) atoms. The van der Waals surface area contributed by atoms with E-state index >= 15 is 0 Å². The number of thiazole rings is 1. The highest BCUT2D eigenvalue weighted by atomic mass is 32.1. The molecule has 3 nitrogen and oxygen atoms in total. The summed E-state index contributed by atoms with van der Waals surface area (Å²) in [5, 5.41) is 0. The van der Waals surface area contributed by atoms with Gasteiger partial charge in [0, 0.05) is 16.8 Å². The molecule has 1 aromatic heterocycles. The molecular weight excluding hydrogens is 339 g/mol. The summed E-state index contributed by atoms with van der Waals surface area (Å²) < 4.78 is 64.3. The van der Waals surface area contributed by atoms with Crippen LogP contribution in [0.4, 0.5) is 22.0 Å². The fourth-order valence-corrected chi connectivity index (χ4v) is 2.72. The predicted octanol–water partition coefficient (Wildman–Crippen LogP) is 3.81. The molecule has 124 valence electrons. The summed E-state index contributed by atoms with van der Waals surface area (Å²) in [5.74, 6) is -1.63. The third-order valence-electron chi connectivity index (χ3n) is 2.89. The largest absolute Gasteiger partial charge is 0.416 e. The van der Waals surface area contributed by atoms with E-state index in [4.69, 9.17) is 0 Å². The first-order valence-electron chi connectivity index (χ1n) is 6.48. The fourth-order valence-electron chi connectivity index (χ4n) is 1.79. The predicted molar refractivity (Wildman–Crippen MR) is 74.6 cm³/mol. The first-order valence-corrected chi connectivity index (χ1v) is 7.29. The highest BCUT2D eigenvalue weighted by molar-refractivity contribution is 7.09. The molecule has 1 aromatic carbocycles. The molecule has 0 saturated heterocycles. The minimum Gasteiger partial charge on any atom is -0.292 e. The minimum atomic E-state index is -4.53. The van der Waals surface area contributed by atoms with Crippen LogP contribution in [-0.2, 0) is 17.4 Å². The Balaban J connectivity index is 2.60. The van der Waals surface area contributed by atoms with E-state index in [1.54, 1.807) is 6.92 Å².